The maximum atomic E-state index is 12.1. The zero-order chi connectivity index (χ0) is 15.5. The fourth-order valence-corrected chi connectivity index (χ4v) is 3.80. The molecule has 0 unspecified atom stereocenters. The number of thiophene rings is 1. The van der Waals surface area contributed by atoms with Crippen LogP contribution in [0.1, 0.15) is 10.4 Å². The Morgan fingerprint density at radius 1 is 1.33 bits per heavy atom. The lowest BCUT2D eigenvalue weighted by molar-refractivity contribution is -0.136. The summed E-state index contributed by atoms with van der Waals surface area (Å²) in [4.78, 5) is 11.0. The fourth-order valence-electron chi connectivity index (χ4n) is 1.65. The van der Waals surface area contributed by atoms with Crippen LogP contribution < -0.4 is 4.72 Å². The number of rotatable bonds is 5. The Kier molecular flexibility index (Phi) is 4.26. The van der Waals surface area contributed by atoms with Crippen molar-refractivity contribution in [1.29, 1.82) is 5.26 Å². The minimum absolute atomic E-state index is 0.0303. The number of carbonyl (C=O) groups is 1. The molecule has 21 heavy (non-hydrogen) atoms. The summed E-state index contributed by atoms with van der Waals surface area (Å²) in [6, 6.07) is 10.8. The van der Waals surface area contributed by atoms with Crippen molar-refractivity contribution in [3.8, 4) is 6.07 Å². The molecule has 0 aliphatic heterocycles. The number of sulfonamides is 1. The number of benzene rings is 1. The van der Waals surface area contributed by atoms with Crippen LogP contribution in [0.2, 0.25) is 0 Å². The average Bonchev–Trinajstić information content (AvgIpc) is 2.87. The Labute approximate surface area is 125 Å². The van der Waals surface area contributed by atoms with Gasteiger partial charge in [-0.3, -0.25) is 9.52 Å². The second-order valence-electron chi connectivity index (χ2n) is 4.11. The summed E-state index contributed by atoms with van der Waals surface area (Å²) in [7, 11) is -3.78. The van der Waals surface area contributed by atoms with Crippen LogP contribution in [0, 0.1) is 11.3 Å². The van der Waals surface area contributed by atoms with Gasteiger partial charge in [0.1, 0.15) is 15.2 Å². The predicted octanol–water partition coefficient (Wildman–Crippen LogP) is 2.05. The van der Waals surface area contributed by atoms with Gasteiger partial charge in [-0.2, -0.15) is 5.26 Å². The van der Waals surface area contributed by atoms with Crippen LogP contribution >= 0.6 is 11.3 Å². The van der Waals surface area contributed by atoms with Crippen molar-refractivity contribution in [3.63, 3.8) is 0 Å². The molecule has 0 bridgehead atoms. The predicted molar refractivity (Wildman–Crippen MR) is 77.6 cm³/mol. The highest BCUT2D eigenvalue weighted by Crippen LogP contribution is 2.24. The van der Waals surface area contributed by atoms with E-state index in [1.165, 1.54) is 24.3 Å². The number of nitriles is 1. The third-order valence-corrected chi connectivity index (χ3v) is 5.35. The number of anilines is 1. The molecule has 0 saturated carbocycles. The van der Waals surface area contributed by atoms with Gasteiger partial charge < -0.3 is 5.11 Å². The zero-order valence-corrected chi connectivity index (χ0v) is 12.2. The molecule has 2 N–H and O–H groups in total. The first-order valence-corrected chi connectivity index (χ1v) is 8.04. The molecule has 1 aromatic heterocycles. The molecule has 0 aliphatic rings. The summed E-state index contributed by atoms with van der Waals surface area (Å²) >= 11 is 0.868. The van der Waals surface area contributed by atoms with E-state index in [1.54, 1.807) is 12.1 Å². The molecule has 1 aromatic carbocycles. The van der Waals surface area contributed by atoms with Crippen molar-refractivity contribution < 1.29 is 18.3 Å². The molecule has 0 atom stereocenters. The second-order valence-corrected chi connectivity index (χ2v) is 7.10. The smallest absolute Gasteiger partial charge is 0.307 e. The number of nitrogens with one attached hydrogen (secondary N) is 1. The molecule has 0 spiro atoms. The first kappa shape index (κ1) is 15.0. The molecule has 0 aliphatic carbocycles. The van der Waals surface area contributed by atoms with Crippen molar-refractivity contribution in [1.82, 2.24) is 0 Å². The highest BCUT2D eigenvalue weighted by Gasteiger charge is 2.17. The molecule has 8 heteroatoms. The van der Waals surface area contributed by atoms with Gasteiger partial charge in [0.15, 0.2) is 0 Å². The zero-order valence-electron chi connectivity index (χ0n) is 10.6. The average molecular weight is 322 g/mol. The number of hydrogen-bond acceptors (Lipinski definition) is 5. The Morgan fingerprint density at radius 2 is 2.10 bits per heavy atom. The maximum absolute atomic E-state index is 12.1. The number of nitrogens with zero attached hydrogens (tertiary/aromatic N) is 1. The van der Waals surface area contributed by atoms with E-state index in [4.69, 9.17) is 10.4 Å². The molecule has 0 radical (unpaired) electrons. The lowest BCUT2D eigenvalue weighted by Crippen LogP contribution is -2.11. The molecular weight excluding hydrogens is 312 g/mol. The van der Waals surface area contributed by atoms with Gasteiger partial charge in [-0.25, -0.2) is 8.42 Å². The third kappa shape index (κ3) is 3.81. The number of aliphatic carboxylic acids is 1. The summed E-state index contributed by atoms with van der Waals surface area (Å²) in [5.41, 5.74) is 0.771. The lowest BCUT2D eigenvalue weighted by Gasteiger charge is -2.07. The van der Waals surface area contributed by atoms with Gasteiger partial charge in [-0.1, -0.05) is 12.1 Å². The highest BCUT2D eigenvalue weighted by molar-refractivity contribution is 7.94. The Morgan fingerprint density at radius 3 is 2.71 bits per heavy atom. The van der Waals surface area contributed by atoms with Gasteiger partial charge in [0.05, 0.1) is 6.42 Å². The summed E-state index contributed by atoms with van der Waals surface area (Å²) in [5, 5.41) is 17.4. The molecule has 0 amide bonds. The maximum Gasteiger partial charge on any atom is 0.307 e. The highest BCUT2D eigenvalue weighted by atomic mass is 32.2. The molecule has 1 heterocycles. The molecule has 6 nitrogen and oxygen atoms in total. The first-order chi connectivity index (χ1) is 9.90. The van der Waals surface area contributed by atoms with E-state index in [0.29, 0.717) is 10.4 Å². The van der Waals surface area contributed by atoms with Crippen LogP contribution in [0.3, 0.4) is 0 Å². The van der Waals surface area contributed by atoms with Crippen molar-refractivity contribution in [2.75, 3.05) is 4.72 Å². The van der Waals surface area contributed by atoms with Gasteiger partial charge in [0.25, 0.3) is 10.0 Å². The van der Waals surface area contributed by atoms with Crippen LogP contribution in [0.4, 0.5) is 5.69 Å². The minimum atomic E-state index is -3.78. The number of carboxylic acid groups (broad SMARTS) is 1. The molecule has 2 aromatic rings. The summed E-state index contributed by atoms with van der Waals surface area (Å²) in [6.45, 7) is 0. The Balaban J connectivity index is 2.24. The van der Waals surface area contributed by atoms with Crippen molar-refractivity contribution in [2.24, 2.45) is 0 Å². The van der Waals surface area contributed by atoms with Gasteiger partial charge in [-0.15, -0.1) is 11.3 Å². The third-order valence-electron chi connectivity index (χ3n) is 2.49. The van der Waals surface area contributed by atoms with Crippen molar-refractivity contribution in [3.05, 3.63) is 46.8 Å². The standard InChI is InChI=1S/C13H10N2O4S2/c14-8-11-4-5-13(20-11)21(18,19)15-10-3-1-2-9(6-10)7-12(16)17/h1-6,15H,7H2,(H,16,17). The Hall–Kier alpha value is -2.37. The van der Waals surface area contributed by atoms with E-state index in [1.807, 2.05) is 6.07 Å². The van der Waals surface area contributed by atoms with Crippen LogP contribution in [0.25, 0.3) is 0 Å². The van der Waals surface area contributed by atoms with Crippen LogP contribution in [0.15, 0.2) is 40.6 Å². The van der Waals surface area contributed by atoms with Crippen LogP contribution in [0.5, 0.6) is 0 Å². The van der Waals surface area contributed by atoms with E-state index in [9.17, 15) is 13.2 Å². The molecule has 0 saturated heterocycles. The fraction of sp³-hybridized carbons (Fsp3) is 0.0769. The van der Waals surface area contributed by atoms with Crippen molar-refractivity contribution in [2.45, 2.75) is 10.6 Å². The second kappa shape index (κ2) is 5.95. The van der Waals surface area contributed by atoms with Crippen LogP contribution in [-0.4, -0.2) is 19.5 Å². The largest absolute Gasteiger partial charge is 0.481 e. The molecular formula is C13H10N2O4S2. The van der Waals surface area contributed by atoms with Gasteiger partial charge >= 0.3 is 5.97 Å². The van der Waals surface area contributed by atoms with E-state index in [2.05, 4.69) is 4.72 Å². The van der Waals surface area contributed by atoms with E-state index < -0.39 is 16.0 Å². The summed E-state index contributed by atoms with van der Waals surface area (Å²) in [6.07, 6.45) is -0.187. The normalized spacial score (nSPS) is 10.8. The summed E-state index contributed by atoms with van der Waals surface area (Å²) < 4.78 is 26.7. The van der Waals surface area contributed by atoms with E-state index in [0.717, 1.165) is 11.3 Å². The molecule has 2 rings (SSSR count). The first-order valence-electron chi connectivity index (χ1n) is 5.74. The Bertz CT molecular complexity index is 819. The van der Waals surface area contributed by atoms with Crippen LogP contribution in [-0.2, 0) is 21.2 Å². The SMILES string of the molecule is N#Cc1ccc(S(=O)(=O)Nc2cccc(CC(=O)O)c2)s1. The molecule has 0 fully saturated rings. The minimum Gasteiger partial charge on any atom is -0.481 e. The lowest BCUT2D eigenvalue weighted by atomic mass is 10.1. The van der Waals surface area contributed by atoms with E-state index >= 15 is 0 Å². The van der Waals surface area contributed by atoms with E-state index in [-0.39, 0.29) is 16.3 Å². The van der Waals surface area contributed by atoms with Crippen molar-refractivity contribution >= 4 is 33.0 Å². The van der Waals surface area contributed by atoms with Gasteiger partial charge in [0, 0.05) is 5.69 Å². The summed E-state index contributed by atoms with van der Waals surface area (Å²) in [5.74, 6) is -0.994. The number of hydrogen-bond donors (Lipinski definition) is 2. The quantitative estimate of drug-likeness (QED) is 0.876. The topological polar surface area (TPSA) is 107 Å². The number of carboxylic acids is 1. The molecule has 108 valence electrons. The van der Waals surface area contributed by atoms with Gasteiger partial charge in [0.2, 0.25) is 0 Å². The van der Waals surface area contributed by atoms with Gasteiger partial charge in [-0.05, 0) is 29.8 Å². The monoisotopic (exact) mass is 322 g/mol.